The fourth-order valence-corrected chi connectivity index (χ4v) is 4.13. The fourth-order valence-electron chi connectivity index (χ4n) is 4.13. The standard InChI is InChI=1S/C24H29N3O2/c1-17-12-13-22(21(16-17)25-23(28)20-10-6-11-20)27-15-7-14-26(24(27)29)18(2)19-8-4-3-5-9-19/h3-5,8-9,12-13,16,18,20H,6-7,10-11,14-15H2,1-2H3,(H,25,28). The van der Waals surface area contributed by atoms with Crippen molar-refractivity contribution < 1.29 is 9.59 Å². The van der Waals surface area contributed by atoms with Gasteiger partial charge < -0.3 is 10.2 Å². The van der Waals surface area contributed by atoms with Gasteiger partial charge in [0.25, 0.3) is 0 Å². The van der Waals surface area contributed by atoms with Crippen LogP contribution < -0.4 is 10.2 Å². The molecular weight excluding hydrogens is 362 g/mol. The Bertz CT molecular complexity index is 892. The topological polar surface area (TPSA) is 52.6 Å². The average molecular weight is 392 g/mol. The molecule has 5 nitrogen and oxygen atoms in total. The first-order valence-corrected chi connectivity index (χ1v) is 10.6. The van der Waals surface area contributed by atoms with Crippen molar-refractivity contribution in [3.8, 4) is 0 Å². The van der Waals surface area contributed by atoms with E-state index in [2.05, 4.69) is 24.4 Å². The molecule has 1 saturated heterocycles. The number of carbonyl (C=O) groups is 2. The van der Waals surface area contributed by atoms with Gasteiger partial charge in [0.15, 0.2) is 0 Å². The number of hydrogen-bond acceptors (Lipinski definition) is 2. The summed E-state index contributed by atoms with van der Waals surface area (Å²) in [5.74, 6) is 0.178. The molecule has 0 aromatic heterocycles. The average Bonchev–Trinajstić information content (AvgIpc) is 2.67. The van der Waals surface area contributed by atoms with E-state index < -0.39 is 0 Å². The second-order valence-electron chi connectivity index (χ2n) is 8.21. The number of amides is 3. The van der Waals surface area contributed by atoms with E-state index >= 15 is 0 Å². The quantitative estimate of drug-likeness (QED) is 0.768. The second-order valence-corrected chi connectivity index (χ2v) is 8.21. The zero-order valence-electron chi connectivity index (χ0n) is 17.2. The minimum atomic E-state index is -0.00407. The van der Waals surface area contributed by atoms with Gasteiger partial charge in [-0.2, -0.15) is 0 Å². The molecule has 0 bridgehead atoms. The van der Waals surface area contributed by atoms with Crippen molar-refractivity contribution in [3.63, 3.8) is 0 Å². The maximum absolute atomic E-state index is 13.4. The minimum Gasteiger partial charge on any atom is -0.324 e. The number of aryl methyl sites for hydroxylation is 1. The van der Waals surface area contributed by atoms with E-state index in [0.29, 0.717) is 6.54 Å². The van der Waals surface area contributed by atoms with Crippen molar-refractivity contribution in [2.75, 3.05) is 23.3 Å². The number of nitrogens with one attached hydrogen (secondary N) is 1. The summed E-state index contributed by atoms with van der Waals surface area (Å²) in [7, 11) is 0. The Hall–Kier alpha value is -2.82. The molecule has 2 aromatic carbocycles. The zero-order valence-corrected chi connectivity index (χ0v) is 17.2. The van der Waals surface area contributed by atoms with Crippen LogP contribution in [0.25, 0.3) is 0 Å². The lowest BCUT2D eigenvalue weighted by Gasteiger charge is -2.40. The number of carbonyl (C=O) groups excluding carboxylic acids is 2. The lowest BCUT2D eigenvalue weighted by atomic mass is 9.85. The molecule has 5 heteroatoms. The first-order valence-electron chi connectivity index (χ1n) is 10.6. The molecule has 1 aliphatic heterocycles. The zero-order chi connectivity index (χ0) is 20.4. The Labute approximate surface area is 172 Å². The predicted octanol–water partition coefficient (Wildman–Crippen LogP) is 5.13. The molecule has 2 aliphatic rings. The van der Waals surface area contributed by atoms with Crippen molar-refractivity contribution >= 4 is 23.3 Å². The lowest BCUT2D eigenvalue weighted by Crippen LogP contribution is -2.50. The molecule has 0 spiro atoms. The van der Waals surface area contributed by atoms with E-state index in [1.807, 2.05) is 53.1 Å². The van der Waals surface area contributed by atoms with E-state index in [1.165, 1.54) is 0 Å². The van der Waals surface area contributed by atoms with Crippen LogP contribution in [-0.2, 0) is 4.79 Å². The van der Waals surface area contributed by atoms with Gasteiger partial charge in [0.1, 0.15) is 0 Å². The number of anilines is 2. The monoisotopic (exact) mass is 391 g/mol. The summed E-state index contributed by atoms with van der Waals surface area (Å²) >= 11 is 0. The highest BCUT2D eigenvalue weighted by molar-refractivity contribution is 6.01. The molecule has 1 unspecified atom stereocenters. The van der Waals surface area contributed by atoms with Crippen molar-refractivity contribution in [2.24, 2.45) is 5.92 Å². The molecule has 4 rings (SSSR count). The Morgan fingerprint density at radius 1 is 1.07 bits per heavy atom. The summed E-state index contributed by atoms with van der Waals surface area (Å²) in [5, 5.41) is 3.10. The lowest BCUT2D eigenvalue weighted by molar-refractivity contribution is -0.122. The highest BCUT2D eigenvalue weighted by Gasteiger charge is 2.32. The number of hydrogen-bond donors (Lipinski definition) is 1. The third-order valence-corrected chi connectivity index (χ3v) is 6.18. The van der Waals surface area contributed by atoms with Crippen molar-refractivity contribution in [3.05, 3.63) is 59.7 Å². The van der Waals surface area contributed by atoms with Gasteiger partial charge in [-0.3, -0.25) is 9.69 Å². The molecule has 1 heterocycles. The Morgan fingerprint density at radius 3 is 2.52 bits per heavy atom. The SMILES string of the molecule is Cc1ccc(N2CCCN(C(C)c3ccccc3)C2=O)c(NC(=O)C2CCC2)c1. The molecule has 0 radical (unpaired) electrons. The molecular formula is C24H29N3O2. The van der Waals surface area contributed by atoms with E-state index in [4.69, 9.17) is 0 Å². The second kappa shape index (κ2) is 8.27. The summed E-state index contributed by atoms with van der Waals surface area (Å²) < 4.78 is 0. The maximum atomic E-state index is 13.4. The van der Waals surface area contributed by atoms with E-state index in [9.17, 15) is 9.59 Å². The molecule has 2 fully saturated rings. The van der Waals surface area contributed by atoms with E-state index in [0.717, 1.165) is 54.7 Å². The Morgan fingerprint density at radius 2 is 1.83 bits per heavy atom. The Balaban J connectivity index is 1.58. The molecule has 29 heavy (non-hydrogen) atoms. The molecule has 152 valence electrons. The number of urea groups is 1. The van der Waals surface area contributed by atoms with Gasteiger partial charge >= 0.3 is 6.03 Å². The van der Waals surface area contributed by atoms with Crippen LogP contribution in [0.2, 0.25) is 0 Å². The predicted molar refractivity (Wildman–Crippen MR) is 116 cm³/mol. The maximum Gasteiger partial charge on any atom is 0.325 e. The van der Waals surface area contributed by atoms with Gasteiger partial charge in [0, 0.05) is 19.0 Å². The number of benzene rings is 2. The molecule has 2 aromatic rings. The van der Waals surface area contributed by atoms with Gasteiger partial charge in [-0.1, -0.05) is 42.8 Å². The first-order chi connectivity index (χ1) is 14.0. The number of rotatable bonds is 5. The highest BCUT2D eigenvalue weighted by atomic mass is 16.2. The number of nitrogens with zero attached hydrogens (tertiary/aromatic N) is 2. The van der Waals surface area contributed by atoms with Crippen LogP contribution in [0.15, 0.2) is 48.5 Å². The van der Waals surface area contributed by atoms with Gasteiger partial charge in [-0.25, -0.2) is 4.79 Å². The Kier molecular flexibility index (Phi) is 5.56. The van der Waals surface area contributed by atoms with Gasteiger partial charge in [-0.05, 0) is 56.4 Å². The van der Waals surface area contributed by atoms with Gasteiger partial charge in [0.05, 0.1) is 17.4 Å². The normalized spacial score (nSPS) is 18.3. The van der Waals surface area contributed by atoms with Crippen LogP contribution in [0.5, 0.6) is 0 Å². The minimum absolute atomic E-state index is 0.00407. The largest absolute Gasteiger partial charge is 0.325 e. The summed E-state index contributed by atoms with van der Waals surface area (Å²) in [6.45, 7) is 5.48. The summed E-state index contributed by atoms with van der Waals surface area (Å²) in [5.41, 5.74) is 3.73. The van der Waals surface area contributed by atoms with Crippen LogP contribution >= 0.6 is 0 Å². The summed E-state index contributed by atoms with van der Waals surface area (Å²) in [6, 6.07) is 16.1. The smallest absolute Gasteiger partial charge is 0.324 e. The molecule has 1 N–H and O–H groups in total. The van der Waals surface area contributed by atoms with Crippen LogP contribution in [0, 0.1) is 12.8 Å². The van der Waals surface area contributed by atoms with Crippen molar-refractivity contribution in [1.82, 2.24) is 4.90 Å². The molecule has 1 atom stereocenters. The van der Waals surface area contributed by atoms with Crippen LogP contribution in [0.4, 0.5) is 16.2 Å². The van der Waals surface area contributed by atoms with Gasteiger partial charge in [0.2, 0.25) is 5.91 Å². The van der Waals surface area contributed by atoms with Crippen molar-refractivity contribution in [1.29, 1.82) is 0 Å². The van der Waals surface area contributed by atoms with Crippen LogP contribution in [-0.4, -0.2) is 29.9 Å². The van der Waals surface area contributed by atoms with Crippen LogP contribution in [0.3, 0.4) is 0 Å². The first kappa shape index (κ1) is 19.5. The molecule has 1 aliphatic carbocycles. The fraction of sp³-hybridized carbons (Fsp3) is 0.417. The highest BCUT2D eigenvalue weighted by Crippen LogP contribution is 2.34. The summed E-state index contributed by atoms with van der Waals surface area (Å²) in [6.07, 6.45) is 3.93. The third kappa shape index (κ3) is 4.00. The van der Waals surface area contributed by atoms with E-state index in [1.54, 1.807) is 0 Å². The third-order valence-electron chi connectivity index (χ3n) is 6.18. The van der Waals surface area contributed by atoms with Gasteiger partial charge in [-0.15, -0.1) is 0 Å². The van der Waals surface area contributed by atoms with Crippen molar-refractivity contribution in [2.45, 2.75) is 45.6 Å². The van der Waals surface area contributed by atoms with Crippen LogP contribution in [0.1, 0.15) is 49.8 Å². The molecule has 3 amide bonds. The summed E-state index contributed by atoms with van der Waals surface area (Å²) in [4.78, 5) is 29.7. The molecule has 1 saturated carbocycles. The van der Waals surface area contributed by atoms with E-state index in [-0.39, 0.29) is 23.9 Å².